The van der Waals surface area contributed by atoms with Crippen LogP contribution < -0.4 is 11.0 Å². The van der Waals surface area contributed by atoms with E-state index in [4.69, 9.17) is 11.6 Å². The van der Waals surface area contributed by atoms with Gasteiger partial charge in [-0.2, -0.15) is 5.10 Å². The lowest BCUT2D eigenvalue weighted by molar-refractivity contribution is 1.04. The maximum atomic E-state index is 11.5. The number of hydrogen-bond donors (Lipinski definition) is 2. The van der Waals surface area contributed by atoms with Crippen LogP contribution in [0.2, 0.25) is 5.02 Å². The summed E-state index contributed by atoms with van der Waals surface area (Å²) in [6.07, 6.45) is 1.73. The van der Waals surface area contributed by atoms with Gasteiger partial charge in [-0.3, -0.25) is 9.78 Å². The van der Waals surface area contributed by atoms with E-state index < -0.39 is 0 Å². The third-order valence-electron chi connectivity index (χ3n) is 4.14. The molecule has 0 saturated heterocycles. The highest BCUT2D eigenvalue weighted by Crippen LogP contribution is 2.35. The maximum absolute atomic E-state index is 11.5. The second-order valence-electron chi connectivity index (χ2n) is 5.92. The summed E-state index contributed by atoms with van der Waals surface area (Å²) in [7, 11) is 0. The number of benzene rings is 3. The normalized spacial score (nSPS) is 11.5. The van der Waals surface area contributed by atoms with E-state index in [-0.39, 0.29) is 5.56 Å². The lowest BCUT2D eigenvalue weighted by atomic mass is 9.97. The third-order valence-corrected chi connectivity index (χ3v) is 4.55. The van der Waals surface area contributed by atoms with Crippen molar-refractivity contribution in [2.24, 2.45) is 5.10 Å². The van der Waals surface area contributed by atoms with Crippen molar-refractivity contribution < 1.29 is 0 Å². The molecule has 0 aliphatic rings. The van der Waals surface area contributed by atoms with E-state index in [2.05, 4.69) is 20.5 Å². The van der Waals surface area contributed by atoms with E-state index in [1.165, 1.54) is 6.07 Å². The first-order chi connectivity index (χ1) is 12.6. The Morgan fingerprint density at radius 2 is 1.62 bits per heavy atom. The minimum absolute atomic E-state index is 0.224. The Hall–Kier alpha value is -3.18. The molecule has 1 aromatic heterocycles. The lowest BCUT2D eigenvalue weighted by Gasteiger charge is -2.10. The van der Waals surface area contributed by atoms with Gasteiger partial charge in [-0.1, -0.05) is 60.1 Å². The van der Waals surface area contributed by atoms with Crippen LogP contribution in [0.4, 0.5) is 5.95 Å². The average Bonchev–Trinajstić information content (AvgIpc) is 2.64. The fourth-order valence-electron chi connectivity index (χ4n) is 3.04. The summed E-state index contributed by atoms with van der Waals surface area (Å²) in [5, 5.41) is 8.95. The largest absolute Gasteiger partial charge is 0.291 e. The third kappa shape index (κ3) is 2.93. The second kappa shape index (κ2) is 6.61. The highest BCUT2D eigenvalue weighted by Gasteiger charge is 2.10. The molecule has 0 fully saturated rings. The molecule has 3 aromatic carbocycles. The van der Waals surface area contributed by atoms with Gasteiger partial charge in [0.25, 0.3) is 5.56 Å². The number of aryl methyl sites for hydroxylation is 1. The highest BCUT2D eigenvalue weighted by molar-refractivity contribution is 6.42. The smallest absolute Gasteiger partial charge is 0.252 e. The van der Waals surface area contributed by atoms with Crippen molar-refractivity contribution in [3.05, 3.63) is 81.2 Å². The first kappa shape index (κ1) is 16.3. The van der Waals surface area contributed by atoms with Crippen LogP contribution in [0.1, 0.15) is 11.3 Å². The lowest BCUT2D eigenvalue weighted by Crippen LogP contribution is -2.10. The second-order valence-corrected chi connectivity index (χ2v) is 6.30. The van der Waals surface area contributed by atoms with Crippen molar-refractivity contribution in [2.45, 2.75) is 6.92 Å². The summed E-state index contributed by atoms with van der Waals surface area (Å²) in [6.45, 7) is 1.75. The Morgan fingerprint density at radius 3 is 2.19 bits per heavy atom. The molecule has 6 heteroatoms. The fourth-order valence-corrected chi connectivity index (χ4v) is 3.37. The first-order valence-corrected chi connectivity index (χ1v) is 8.47. The first-order valence-electron chi connectivity index (χ1n) is 8.09. The number of fused-ring (bicyclic) bond motifs is 2. The molecule has 0 unspecified atom stereocenters. The van der Waals surface area contributed by atoms with Crippen molar-refractivity contribution in [3.8, 4) is 0 Å². The van der Waals surface area contributed by atoms with Gasteiger partial charge < -0.3 is 0 Å². The van der Waals surface area contributed by atoms with Crippen molar-refractivity contribution in [1.29, 1.82) is 0 Å². The molecule has 0 bridgehead atoms. The molecular weight excluding hydrogens is 348 g/mol. The van der Waals surface area contributed by atoms with Gasteiger partial charge in [-0.05, 0) is 17.7 Å². The summed E-state index contributed by atoms with van der Waals surface area (Å²) < 4.78 is 0. The van der Waals surface area contributed by atoms with Crippen molar-refractivity contribution in [1.82, 2.24) is 9.97 Å². The van der Waals surface area contributed by atoms with E-state index in [1.54, 1.807) is 13.1 Å². The summed E-state index contributed by atoms with van der Waals surface area (Å²) in [5.41, 5.74) is 4.13. The molecule has 0 amide bonds. The quantitative estimate of drug-likeness (QED) is 0.320. The number of aromatic amines is 1. The molecule has 1 heterocycles. The minimum atomic E-state index is -0.224. The monoisotopic (exact) mass is 362 g/mol. The van der Waals surface area contributed by atoms with Crippen LogP contribution in [0.25, 0.3) is 21.5 Å². The van der Waals surface area contributed by atoms with Crippen LogP contribution >= 0.6 is 11.6 Å². The highest BCUT2D eigenvalue weighted by atomic mass is 35.5. The number of nitrogens with zero attached hydrogens (tertiary/aromatic N) is 2. The Bertz CT molecular complexity index is 1160. The van der Waals surface area contributed by atoms with Crippen LogP contribution in [0, 0.1) is 6.92 Å². The van der Waals surface area contributed by atoms with Gasteiger partial charge in [-0.25, -0.2) is 10.4 Å². The fraction of sp³-hybridized carbons (Fsp3) is 0.0500. The maximum Gasteiger partial charge on any atom is 0.252 e. The molecule has 4 aromatic rings. The summed E-state index contributed by atoms with van der Waals surface area (Å²) in [4.78, 5) is 18.3. The Balaban J connectivity index is 1.84. The van der Waals surface area contributed by atoms with Gasteiger partial charge >= 0.3 is 0 Å². The Labute approximate surface area is 154 Å². The summed E-state index contributed by atoms with van der Waals surface area (Å²) >= 11 is 6.60. The average molecular weight is 363 g/mol. The molecule has 5 nitrogen and oxygen atoms in total. The predicted molar refractivity (Wildman–Crippen MR) is 107 cm³/mol. The number of hydrazone groups is 1. The van der Waals surface area contributed by atoms with E-state index in [9.17, 15) is 4.79 Å². The van der Waals surface area contributed by atoms with Crippen molar-refractivity contribution in [3.63, 3.8) is 0 Å². The van der Waals surface area contributed by atoms with Crippen molar-refractivity contribution >= 4 is 45.3 Å². The SMILES string of the molecule is Cc1cc(=O)[nH]c(N/N=C/c2c3ccccc3c(Cl)c3ccccc23)n1. The Kier molecular flexibility index (Phi) is 4.14. The Morgan fingerprint density at radius 1 is 1.04 bits per heavy atom. The van der Waals surface area contributed by atoms with Gasteiger partial charge in [0.1, 0.15) is 0 Å². The van der Waals surface area contributed by atoms with Gasteiger partial charge in [0.15, 0.2) is 0 Å². The molecule has 0 saturated carbocycles. The predicted octanol–water partition coefficient (Wildman–Crippen LogP) is 4.48. The molecule has 0 aliphatic carbocycles. The number of anilines is 1. The molecule has 0 atom stereocenters. The molecule has 0 radical (unpaired) electrons. The molecule has 128 valence electrons. The topological polar surface area (TPSA) is 70.1 Å². The number of hydrogen-bond acceptors (Lipinski definition) is 4. The van der Waals surface area contributed by atoms with Gasteiger partial charge in [0, 0.05) is 28.1 Å². The zero-order valence-electron chi connectivity index (χ0n) is 14.0. The van der Waals surface area contributed by atoms with Crippen LogP contribution in [0.5, 0.6) is 0 Å². The molecular formula is C20H15ClN4O. The molecule has 26 heavy (non-hydrogen) atoms. The van der Waals surface area contributed by atoms with Gasteiger partial charge in [0.2, 0.25) is 5.95 Å². The van der Waals surface area contributed by atoms with Crippen LogP contribution in [-0.4, -0.2) is 16.2 Å². The number of nitrogens with one attached hydrogen (secondary N) is 2. The van der Waals surface area contributed by atoms with E-state index in [0.29, 0.717) is 11.6 Å². The van der Waals surface area contributed by atoms with Gasteiger partial charge in [-0.15, -0.1) is 0 Å². The van der Waals surface area contributed by atoms with E-state index in [1.807, 2.05) is 48.5 Å². The summed E-state index contributed by atoms with van der Waals surface area (Å²) in [6, 6.07) is 17.3. The van der Waals surface area contributed by atoms with Crippen LogP contribution in [0.15, 0.2) is 64.5 Å². The van der Waals surface area contributed by atoms with E-state index >= 15 is 0 Å². The minimum Gasteiger partial charge on any atom is -0.291 e. The standard InChI is InChI=1S/C20H15ClN4O/c1-12-10-18(26)24-20(23-12)25-22-11-17-13-6-2-4-8-15(13)19(21)16-9-5-3-7-14(16)17/h2-11H,1H3,(H2,23,24,25,26)/b22-11+. The molecule has 0 aliphatic heterocycles. The van der Waals surface area contributed by atoms with Crippen molar-refractivity contribution in [2.75, 3.05) is 5.43 Å². The van der Waals surface area contributed by atoms with Gasteiger partial charge in [0.05, 0.1) is 11.2 Å². The van der Waals surface area contributed by atoms with Crippen LogP contribution in [0.3, 0.4) is 0 Å². The number of halogens is 1. The van der Waals surface area contributed by atoms with Crippen LogP contribution in [-0.2, 0) is 0 Å². The number of H-pyrrole nitrogens is 1. The number of aromatic nitrogens is 2. The van der Waals surface area contributed by atoms with E-state index in [0.717, 1.165) is 32.1 Å². The molecule has 2 N–H and O–H groups in total. The zero-order chi connectivity index (χ0) is 18.1. The molecule has 4 rings (SSSR count). The number of rotatable bonds is 3. The molecule has 0 spiro atoms. The summed E-state index contributed by atoms with van der Waals surface area (Å²) in [5.74, 6) is 0.300. The zero-order valence-corrected chi connectivity index (χ0v) is 14.7.